The molecule has 2 heterocycles. The molecule has 3 aromatic rings. The molecule has 1 aliphatic rings. The third kappa shape index (κ3) is 5.29. The highest BCUT2D eigenvalue weighted by Crippen LogP contribution is 2.24. The van der Waals surface area contributed by atoms with Gasteiger partial charge in [-0.2, -0.15) is 0 Å². The molecule has 1 aromatic heterocycles. The lowest BCUT2D eigenvalue weighted by molar-refractivity contribution is -0.125. The Morgan fingerprint density at radius 2 is 1.70 bits per heavy atom. The summed E-state index contributed by atoms with van der Waals surface area (Å²) in [6, 6.07) is 19.8. The second-order valence-electron chi connectivity index (χ2n) is 7.39. The zero-order chi connectivity index (χ0) is 20.9. The van der Waals surface area contributed by atoms with E-state index in [9.17, 15) is 4.79 Å². The zero-order valence-corrected chi connectivity index (χ0v) is 19.3. The molecule has 1 saturated heterocycles. The summed E-state index contributed by atoms with van der Waals surface area (Å²) in [5.41, 5.74) is 2.93. The van der Waals surface area contributed by atoms with Crippen LogP contribution in [0, 0.1) is 9.49 Å². The second-order valence-corrected chi connectivity index (χ2v) is 9.07. The van der Waals surface area contributed by atoms with Gasteiger partial charge in [-0.15, -0.1) is 10.2 Å². The van der Waals surface area contributed by atoms with E-state index in [1.54, 1.807) is 0 Å². The van der Waals surface area contributed by atoms with Gasteiger partial charge in [0.2, 0.25) is 5.91 Å². The third-order valence-corrected chi connectivity index (χ3v) is 6.33. The minimum absolute atomic E-state index is 0.0476. The van der Waals surface area contributed by atoms with Crippen LogP contribution in [0.1, 0.15) is 18.4 Å². The predicted molar refractivity (Wildman–Crippen MR) is 128 cm³/mol. The lowest BCUT2D eigenvalue weighted by Gasteiger charge is -2.31. The van der Waals surface area contributed by atoms with Crippen molar-refractivity contribution < 1.29 is 4.79 Å². The van der Waals surface area contributed by atoms with E-state index < -0.39 is 0 Å². The SMILES string of the molecule is O=C(NCc1ccc(I)cc1)C1CCN(c2ccc(-c3ccc(Cl)cc3)nn2)CC1. The van der Waals surface area contributed by atoms with Gasteiger partial charge in [0.1, 0.15) is 0 Å². The fraction of sp³-hybridized carbons (Fsp3) is 0.261. The molecule has 0 bridgehead atoms. The van der Waals surface area contributed by atoms with Gasteiger partial charge in [-0.25, -0.2) is 0 Å². The van der Waals surface area contributed by atoms with Crippen molar-refractivity contribution in [3.63, 3.8) is 0 Å². The number of nitrogens with zero attached hydrogens (tertiary/aromatic N) is 3. The Morgan fingerprint density at radius 3 is 2.33 bits per heavy atom. The summed E-state index contributed by atoms with van der Waals surface area (Å²) >= 11 is 8.22. The van der Waals surface area contributed by atoms with E-state index in [4.69, 9.17) is 11.6 Å². The number of nitrogens with one attached hydrogen (secondary N) is 1. The van der Waals surface area contributed by atoms with Crippen LogP contribution in [-0.2, 0) is 11.3 Å². The van der Waals surface area contributed by atoms with Gasteiger partial charge in [0.15, 0.2) is 5.82 Å². The topological polar surface area (TPSA) is 58.1 Å². The number of carbonyl (C=O) groups is 1. The molecule has 0 unspecified atom stereocenters. The molecule has 7 heteroatoms. The van der Waals surface area contributed by atoms with Gasteiger partial charge in [-0.1, -0.05) is 35.9 Å². The van der Waals surface area contributed by atoms with Gasteiger partial charge >= 0.3 is 0 Å². The number of halogens is 2. The third-order valence-electron chi connectivity index (χ3n) is 5.36. The lowest BCUT2D eigenvalue weighted by atomic mass is 9.96. The van der Waals surface area contributed by atoms with Gasteiger partial charge in [0.05, 0.1) is 5.69 Å². The van der Waals surface area contributed by atoms with E-state index in [-0.39, 0.29) is 11.8 Å². The summed E-state index contributed by atoms with van der Waals surface area (Å²) in [5, 5.41) is 12.5. The largest absolute Gasteiger partial charge is 0.355 e. The Morgan fingerprint density at radius 1 is 1.00 bits per heavy atom. The monoisotopic (exact) mass is 532 g/mol. The standard InChI is InChI=1S/C23H22ClIN4O/c24-19-5-3-17(4-6-19)21-9-10-22(28-27-21)29-13-11-18(12-14-29)23(30)26-15-16-1-7-20(25)8-2-16/h1-10,18H,11-15H2,(H,26,30). The van der Waals surface area contributed by atoms with Crippen molar-refractivity contribution in [1.82, 2.24) is 15.5 Å². The first-order valence-corrected chi connectivity index (χ1v) is 11.4. The molecule has 1 N–H and O–H groups in total. The summed E-state index contributed by atoms with van der Waals surface area (Å²) in [7, 11) is 0. The Bertz CT molecular complexity index is 985. The molecular weight excluding hydrogens is 511 g/mol. The molecule has 0 spiro atoms. The quantitative estimate of drug-likeness (QED) is 0.473. The molecule has 0 aliphatic carbocycles. The van der Waals surface area contributed by atoms with Crippen molar-refractivity contribution in [2.45, 2.75) is 19.4 Å². The van der Waals surface area contributed by atoms with Gasteiger partial charge in [0, 0.05) is 39.7 Å². The van der Waals surface area contributed by atoms with Crippen LogP contribution in [0.2, 0.25) is 5.02 Å². The molecule has 0 saturated carbocycles. The number of aromatic nitrogens is 2. The number of piperidine rings is 1. The van der Waals surface area contributed by atoms with Crippen molar-refractivity contribution in [1.29, 1.82) is 0 Å². The van der Waals surface area contributed by atoms with E-state index in [1.807, 2.05) is 36.4 Å². The highest BCUT2D eigenvalue weighted by molar-refractivity contribution is 14.1. The molecular formula is C23H22ClIN4O. The minimum atomic E-state index is 0.0476. The van der Waals surface area contributed by atoms with E-state index in [1.165, 1.54) is 3.57 Å². The highest BCUT2D eigenvalue weighted by Gasteiger charge is 2.25. The van der Waals surface area contributed by atoms with Crippen molar-refractivity contribution in [2.24, 2.45) is 5.92 Å². The Hall–Kier alpha value is -2.19. The summed E-state index contributed by atoms with van der Waals surface area (Å²) in [4.78, 5) is 14.7. The van der Waals surface area contributed by atoms with Crippen LogP contribution in [0.3, 0.4) is 0 Å². The summed E-state index contributed by atoms with van der Waals surface area (Å²) in [6.45, 7) is 2.18. The number of benzene rings is 2. The number of hydrogen-bond donors (Lipinski definition) is 1. The van der Waals surface area contributed by atoms with Crippen LogP contribution < -0.4 is 10.2 Å². The summed E-state index contributed by atoms with van der Waals surface area (Å²) in [5.74, 6) is 1.04. The predicted octanol–water partition coefficient (Wildman–Crippen LogP) is 4.93. The van der Waals surface area contributed by atoms with Crippen LogP contribution in [0.5, 0.6) is 0 Å². The van der Waals surface area contributed by atoms with E-state index in [0.29, 0.717) is 11.6 Å². The first kappa shape index (κ1) is 21.1. The number of rotatable bonds is 5. The Balaban J connectivity index is 1.29. The first-order valence-electron chi connectivity index (χ1n) is 9.95. The van der Waals surface area contributed by atoms with Crippen LogP contribution in [0.25, 0.3) is 11.3 Å². The molecule has 1 fully saturated rings. The first-order chi connectivity index (χ1) is 14.6. The number of anilines is 1. The van der Waals surface area contributed by atoms with Crippen molar-refractivity contribution >= 4 is 45.9 Å². The van der Waals surface area contributed by atoms with Crippen LogP contribution in [0.4, 0.5) is 5.82 Å². The van der Waals surface area contributed by atoms with E-state index in [2.05, 4.69) is 67.3 Å². The second kappa shape index (κ2) is 9.75. The Labute approximate surface area is 195 Å². The van der Waals surface area contributed by atoms with Crippen LogP contribution >= 0.6 is 34.2 Å². The summed E-state index contributed by atoms with van der Waals surface area (Å²) in [6.07, 6.45) is 1.64. The maximum Gasteiger partial charge on any atom is 0.223 e. The highest BCUT2D eigenvalue weighted by atomic mass is 127. The van der Waals surface area contributed by atoms with Gasteiger partial charge in [-0.05, 0) is 77.4 Å². The zero-order valence-electron chi connectivity index (χ0n) is 16.4. The van der Waals surface area contributed by atoms with Crippen LogP contribution in [0.15, 0.2) is 60.7 Å². The average molecular weight is 533 g/mol. The molecule has 4 rings (SSSR count). The van der Waals surface area contributed by atoms with Gasteiger partial charge in [0.25, 0.3) is 0 Å². The lowest BCUT2D eigenvalue weighted by Crippen LogP contribution is -2.40. The maximum atomic E-state index is 12.5. The average Bonchev–Trinajstić information content (AvgIpc) is 2.79. The smallest absolute Gasteiger partial charge is 0.223 e. The fourth-order valence-corrected chi connectivity index (χ4v) is 4.06. The number of carbonyl (C=O) groups excluding carboxylic acids is 1. The van der Waals surface area contributed by atoms with Crippen molar-refractivity contribution in [3.8, 4) is 11.3 Å². The van der Waals surface area contributed by atoms with Gasteiger partial charge < -0.3 is 10.2 Å². The molecule has 30 heavy (non-hydrogen) atoms. The number of hydrogen-bond acceptors (Lipinski definition) is 4. The molecule has 0 radical (unpaired) electrons. The molecule has 2 aromatic carbocycles. The minimum Gasteiger partial charge on any atom is -0.355 e. The van der Waals surface area contributed by atoms with E-state index in [0.717, 1.165) is 48.6 Å². The van der Waals surface area contributed by atoms with Crippen molar-refractivity contribution in [3.05, 3.63) is 74.8 Å². The molecule has 1 aliphatic heterocycles. The van der Waals surface area contributed by atoms with E-state index >= 15 is 0 Å². The van der Waals surface area contributed by atoms with Gasteiger partial charge in [-0.3, -0.25) is 4.79 Å². The molecule has 154 valence electrons. The fourth-order valence-electron chi connectivity index (χ4n) is 3.58. The van der Waals surface area contributed by atoms with Crippen LogP contribution in [-0.4, -0.2) is 29.2 Å². The molecule has 1 amide bonds. The Kier molecular flexibility index (Phi) is 6.84. The molecule has 5 nitrogen and oxygen atoms in total. The summed E-state index contributed by atoms with van der Waals surface area (Å²) < 4.78 is 1.19. The molecule has 0 atom stereocenters. The maximum absolute atomic E-state index is 12.5. The van der Waals surface area contributed by atoms with Crippen molar-refractivity contribution in [2.75, 3.05) is 18.0 Å². The number of amides is 1. The normalized spacial score (nSPS) is 14.5.